The van der Waals surface area contributed by atoms with E-state index < -0.39 is 15.8 Å². The zero-order valence-corrected chi connectivity index (χ0v) is 10.2. The second-order valence-corrected chi connectivity index (χ2v) is 5.30. The lowest BCUT2D eigenvalue weighted by atomic mass is 10.2. The summed E-state index contributed by atoms with van der Waals surface area (Å²) in [6.45, 7) is 1.74. The van der Waals surface area contributed by atoms with Gasteiger partial charge in [0.25, 0.3) is 0 Å². The van der Waals surface area contributed by atoms with Crippen molar-refractivity contribution < 1.29 is 12.8 Å². The number of unbranched alkanes of at least 4 members (excludes halogenated alkanes) is 1. The van der Waals surface area contributed by atoms with Crippen LogP contribution in [-0.4, -0.2) is 15.0 Å². The van der Waals surface area contributed by atoms with Crippen LogP contribution in [0.5, 0.6) is 0 Å². The minimum Gasteiger partial charge on any atom is -0.211 e. The first kappa shape index (κ1) is 13.6. The zero-order valence-electron chi connectivity index (χ0n) is 9.40. The first-order valence-electron chi connectivity index (χ1n) is 5.10. The van der Waals surface area contributed by atoms with Gasteiger partial charge >= 0.3 is 0 Å². The van der Waals surface area contributed by atoms with Crippen LogP contribution < -0.4 is 4.72 Å². The minimum absolute atomic E-state index is 0.0656. The molecular weight excluding hydrogens is 243 g/mol. The largest absolute Gasteiger partial charge is 0.240 e. The number of benzene rings is 1. The monoisotopic (exact) mass is 256 g/mol. The van der Waals surface area contributed by atoms with Gasteiger partial charge < -0.3 is 0 Å². The first-order valence-corrected chi connectivity index (χ1v) is 6.58. The van der Waals surface area contributed by atoms with Gasteiger partial charge in [0.2, 0.25) is 10.0 Å². The molecule has 4 nitrogen and oxygen atoms in total. The van der Waals surface area contributed by atoms with Crippen molar-refractivity contribution in [1.29, 1.82) is 5.26 Å². The third kappa shape index (κ3) is 3.80. The maximum Gasteiger partial charge on any atom is 0.240 e. The van der Waals surface area contributed by atoms with E-state index in [4.69, 9.17) is 5.26 Å². The number of nitrogens with one attached hydrogen (secondary N) is 1. The molecule has 0 saturated heterocycles. The Morgan fingerprint density at radius 3 is 2.76 bits per heavy atom. The molecule has 0 aliphatic carbocycles. The van der Waals surface area contributed by atoms with Gasteiger partial charge in [-0.15, -0.1) is 0 Å². The summed E-state index contributed by atoms with van der Waals surface area (Å²) in [4.78, 5) is 0.0656. The van der Waals surface area contributed by atoms with Gasteiger partial charge in [-0.05, 0) is 37.1 Å². The number of sulfonamides is 1. The average molecular weight is 256 g/mol. The van der Waals surface area contributed by atoms with Crippen LogP contribution in [0.1, 0.15) is 18.4 Å². The Labute approximate surface area is 100 Å². The molecule has 1 aromatic carbocycles. The third-order valence-corrected chi connectivity index (χ3v) is 3.81. The van der Waals surface area contributed by atoms with Crippen molar-refractivity contribution in [1.82, 2.24) is 4.72 Å². The van der Waals surface area contributed by atoms with E-state index in [2.05, 4.69) is 4.72 Å². The Bertz CT molecular complexity index is 535. The van der Waals surface area contributed by atoms with Crippen molar-refractivity contribution in [2.75, 3.05) is 6.54 Å². The van der Waals surface area contributed by atoms with Crippen LogP contribution in [0.4, 0.5) is 4.39 Å². The van der Waals surface area contributed by atoms with Gasteiger partial charge in [0.15, 0.2) is 0 Å². The SMILES string of the molecule is Cc1cc(F)ccc1S(=O)(=O)NCCCC#N. The second kappa shape index (κ2) is 5.75. The Hall–Kier alpha value is -1.45. The molecule has 1 aromatic rings. The van der Waals surface area contributed by atoms with Gasteiger partial charge in [-0.1, -0.05) is 0 Å². The highest BCUT2D eigenvalue weighted by Crippen LogP contribution is 2.15. The second-order valence-electron chi connectivity index (χ2n) is 3.57. The molecule has 0 saturated carbocycles. The molecule has 0 atom stereocenters. The summed E-state index contributed by atoms with van der Waals surface area (Å²) in [5, 5.41) is 8.32. The lowest BCUT2D eigenvalue weighted by Gasteiger charge is -2.08. The molecule has 92 valence electrons. The topological polar surface area (TPSA) is 70.0 Å². The van der Waals surface area contributed by atoms with Gasteiger partial charge in [0.1, 0.15) is 5.82 Å². The molecular formula is C11H13FN2O2S. The van der Waals surface area contributed by atoms with Crippen LogP contribution in [0.25, 0.3) is 0 Å². The molecule has 0 aromatic heterocycles. The van der Waals surface area contributed by atoms with E-state index in [-0.39, 0.29) is 11.4 Å². The molecule has 0 radical (unpaired) electrons. The Morgan fingerprint density at radius 1 is 1.47 bits per heavy atom. The summed E-state index contributed by atoms with van der Waals surface area (Å²) in [5.74, 6) is -0.467. The van der Waals surface area contributed by atoms with Gasteiger partial charge in [-0.25, -0.2) is 17.5 Å². The maximum atomic E-state index is 12.8. The fourth-order valence-electron chi connectivity index (χ4n) is 1.37. The lowest BCUT2D eigenvalue weighted by molar-refractivity contribution is 0.578. The van der Waals surface area contributed by atoms with Gasteiger partial charge in [0.05, 0.1) is 11.0 Å². The number of nitriles is 1. The molecule has 17 heavy (non-hydrogen) atoms. The van der Waals surface area contributed by atoms with E-state index in [1.807, 2.05) is 6.07 Å². The van der Waals surface area contributed by atoms with Crippen LogP contribution in [0, 0.1) is 24.1 Å². The van der Waals surface area contributed by atoms with E-state index >= 15 is 0 Å². The highest BCUT2D eigenvalue weighted by molar-refractivity contribution is 7.89. The van der Waals surface area contributed by atoms with Gasteiger partial charge in [-0.2, -0.15) is 5.26 Å². The summed E-state index contributed by atoms with van der Waals surface area (Å²) in [7, 11) is -3.61. The Morgan fingerprint density at radius 2 is 2.18 bits per heavy atom. The van der Waals surface area contributed by atoms with E-state index in [9.17, 15) is 12.8 Å². The predicted octanol–water partition coefficient (Wildman–Crippen LogP) is 1.72. The standard InChI is InChI=1S/C11H13FN2O2S/c1-9-8-10(12)4-5-11(9)17(15,16)14-7-3-2-6-13/h4-5,8,14H,2-3,7H2,1H3. The van der Waals surface area contributed by atoms with Crippen LogP contribution in [0.2, 0.25) is 0 Å². The van der Waals surface area contributed by atoms with Crippen molar-refractivity contribution in [3.63, 3.8) is 0 Å². The number of hydrogen-bond acceptors (Lipinski definition) is 3. The number of nitrogens with zero attached hydrogens (tertiary/aromatic N) is 1. The number of aryl methyl sites for hydroxylation is 1. The Balaban J connectivity index is 2.80. The molecule has 1 rings (SSSR count). The van der Waals surface area contributed by atoms with Crippen molar-refractivity contribution >= 4 is 10.0 Å². The van der Waals surface area contributed by atoms with Gasteiger partial charge in [0, 0.05) is 13.0 Å². The predicted molar refractivity (Wildman–Crippen MR) is 61.2 cm³/mol. The van der Waals surface area contributed by atoms with Crippen molar-refractivity contribution in [3.8, 4) is 6.07 Å². The summed E-state index contributed by atoms with van der Waals surface area (Å²) in [6, 6.07) is 5.44. The number of halogens is 1. The molecule has 0 unspecified atom stereocenters. The summed E-state index contributed by atoms with van der Waals surface area (Å²) in [5.41, 5.74) is 0.359. The molecule has 0 heterocycles. The Kier molecular flexibility index (Phi) is 4.61. The van der Waals surface area contributed by atoms with E-state index in [0.29, 0.717) is 18.4 Å². The van der Waals surface area contributed by atoms with Crippen molar-refractivity contribution in [2.45, 2.75) is 24.7 Å². The summed E-state index contributed by atoms with van der Waals surface area (Å²) >= 11 is 0. The highest BCUT2D eigenvalue weighted by atomic mass is 32.2. The molecule has 0 fully saturated rings. The summed E-state index contributed by atoms with van der Waals surface area (Å²) < 4.78 is 38.8. The minimum atomic E-state index is -3.61. The van der Waals surface area contributed by atoms with Crippen LogP contribution in [-0.2, 0) is 10.0 Å². The van der Waals surface area contributed by atoms with Crippen LogP contribution in [0.3, 0.4) is 0 Å². The average Bonchev–Trinajstić information content (AvgIpc) is 2.24. The van der Waals surface area contributed by atoms with E-state index in [1.165, 1.54) is 19.1 Å². The quantitative estimate of drug-likeness (QED) is 0.815. The van der Waals surface area contributed by atoms with E-state index in [1.54, 1.807) is 0 Å². The molecule has 1 N–H and O–H groups in total. The molecule has 0 spiro atoms. The molecule has 6 heteroatoms. The normalized spacial score (nSPS) is 11.1. The van der Waals surface area contributed by atoms with Gasteiger partial charge in [-0.3, -0.25) is 0 Å². The smallest absolute Gasteiger partial charge is 0.211 e. The van der Waals surface area contributed by atoms with Crippen LogP contribution >= 0.6 is 0 Å². The molecule has 0 bridgehead atoms. The third-order valence-electron chi connectivity index (χ3n) is 2.18. The first-order chi connectivity index (χ1) is 7.97. The van der Waals surface area contributed by atoms with Crippen LogP contribution in [0.15, 0.2) is 23.1 Å². The highest BCUT2D eigenvalue weighted by Gasteiger charge is 2.16. The maximum absolute atomic E-state index is 12.8. The van der Waals surface area contributed by atoms with Crippen molar-refractivity contribution in [2.24, 2.45) is 0 Å². The number of hydrogen-bond donors (Lipinski definition) is 1. The summed E-state index contributed by atoms with van der Waals surface area (Å²) in [6.07, 6.45) is 0.751. The zero-order chi connectivity index (χ0) is 12.9. The number of rotatable bonds is 5. The van der Waals surface area contributed by atoms with E-state index in [0.717, 1.165) is 6.07 Å². The van der Waals surface area contributed by atoms with Crippen molar-refractivity contribution in [3.05, 3.63) is 29.6 Å². The molecule has 0 amide bonds. The molecule has 0 aliphatic heterocycles. The fourth-order valence-corrected chi connectivity index (χ4v) is 2.66. The fraction of sp³-hybridized carbons (Fsp3) is 0.364. The molecule has 0 aliphatic rings. The lowest BCUT2D eigenvalue weighted by Crippen LogP contribution is -2.25.